The average Bonchev–Trinajstić information content (AvgIpc) is 2.52. The van der Waals surface area contributed by atoms with Gasteiger partial charge in [-0.3, -0.25) is 9.69 Å². The molecule has 1 aliphatic rings. The standard InChI is InChI=1S/C11H19NO3/c1-3-10(11(14)15)12-5-4-9(7-12)6-8(2)13/h9-10H,3-7H2,1-2H3,(H,14,15)/t9?,10-/m0/s1. The fourth-order valence-corrected chi connectivity index (χ4v) is 2.31. The number of hydrogen-bond donors (Lipinski definition) is 1. The van der Waals surface area contributed by atoms with E-state index >= 15 is 0 Å². The van der Waals surface area contributed by atoms with Gasteiger partial charge in [-0.15, -0.1) is 0 Å². The van der Waals surface area contributed by atoms with E-state index in [0.717, 1.165) is 19.5 Å². The Balaban J connectivity index is 2.47. The van der Waals surface area contributed by atoms with Crippen molar-refractivity contribution < 1.29 is 14.7 Å². The number of ketones is 1. The zero-order valence-electron chi connectivity index (χ0n) is 9.40. The highest BCUT2D eigenvalue weighted by molar-refractivity contribution is 5.76. The molecular formula is C11H19NO3. The van der Waals surface area contributed by atoms with Gasteiger partial charge in [-0.1, -0.05) is 6.92 Å². The second-order valence-electron chi connectivity index (χ2n) is 4.32. The molecule has 1 unspecified atom stereocenters. The minimum absolute atomic E-state index is 0.199. The molecule has 1 aliphatic heterocycles. The van der Waals surface area contributed by atoms with Crippen LogP contribution in [-0.2, 0) is 9.59 Å². The second-order valence-corrected chi connectivity index (χ2v) is 4.32. The third-order valence-corrected chi connectivity index (χ3v) is 3.01. The minimum atomic E-state index is -0.749. The van der Waals surface area contributed by atoms with Crippen LogP contribution in [0, 0.1) is 5.92 Å². The van der Waals surface area contributed by atoms with Crippen LogP contribution in [0.1, 0.15) is 33.1 Å². The predicted octanol–water partition coefficient (Wildman–Crippen LogP) is 1.15. The van der Waals surface area contributed by atoms with Gasteiger partial charge >= 0.3 is 5.97 Å². The summed E-state index contributed by atoms with van der Waals surface area (Å²) in [5.41, 5.74) is 0. The number of carbonyl (C=O) groups excluding carboxylic acids is 1. The van der Waals surface area contributed by atoms with E-state index in [2.05, 4.69) is 0 Å². The SMILES string of the molecule is CC[C@@H](C(=O)O)N1CCC(CC(C)=O)C1. The summed E-state index contributed by atoms with van der Waals surface area (Å²) in [5.74, 6) is -0.193. The topological polar surface area (TPSA) is 57.6 Å². The highest BCUT2D eigenvalue weighted by atomic mass is 16.4. The summed E-state index contributed by atoms with van der Waals surface area (Å²) >= 11 is 0. The Morgan fingerprint density at radius 1 is 1.53 bits per heavy atom. The summed E-state index contributed by atoms with van der Waals surface area (Å²) in [4.78, 5) is 23.9. The number of carbonyl (C=O) groups is 2. The van der Waals surface area contributed by atoms with Gasteiger partial charge in [0.05, 0.1) is 0 Å². The number of hydrogen-bond acceptors (Lipinski definition) is 3. The predicted molar refractivity (Wildman–Crippen MR) is 56.7 cm³/mol. The molecule has 15 heavy (non-hydrogen) atoms. The van der Waals surface area contributed by atoms with Gasteiger partial charge in [0, 0.05) is 13.0 Å². The van der Waals surface area contributed by atoms with Crippen molar-refractivity contribution in [2.45, 2.75) is 39.2 Å². The summed E-state index contributed by atoms with van der Waals surface area (Å²) in [6.45, 7) is 5.04. The van der Waals surface area contributed by atoms with E-state index < -0.39 is 5.97 Å². The molecule has 86 valence electrons. The maximum absolute atomic E-state index is 10.9. The maximum atomic E-state index is 10.9. The Hall–Kier alpha value is -0.900. The second kappa shape index (κ2) is 5.26. The molecule has 0 radical (unpaired) electrons. The van der Waals surface area contributed by atoms with Crippen LogP contribution < -0.4 is 0 Å². The van der Waals surface area contributed by atoms with Crippen molar-refractivity contribution in [3.63, 3.8) is 0 Å². The summed E-state index contributed by atoms with van der Waals surface area (Å²) in [7, 11) is 0. The molecule has 4 nitrogen and oxygen atoms in total. The molecule has 0 saturated carbocycles. The number of carboxylic acids is 1. The quantitative estimate of drug-likeness (QED) is 0.744. The molecule has 0 aliphatic carbocycles. The van der Waals surface area contributed by atoms with Crippen LogP contribution in [0.4, 0.5) is 0 Å². The van der Waals surface area contributed by atoms with Crippen molar-refractivity contribution in [1.82, 2.24) is 4.90 Å². The molecule has 0 aromatic carbocycles. The molecule has 0 aromatic heterocycles. The van der Waals surface area contributed by atoms with Crippen molar-refractivity contribution in [2.24, 2.45) is 5.92 Å². The van der Waals surface area contributed by atoms with Gasteiger partial charge in [0.1, 0.15) is 11.8 Å². The molecule has 1 fully saturated rings. The molecule has 0 bridgehead atoms. The van der Waals surface area contributed by atoms with Gasteiger partial charge in [-0.05, 0) is 32.2 Å². The summed E-state index contributed by atoms with van der Waals surface area (Å²) < 4.78 is 0. The lowest BCUT2D eigenvalue weighted by Crippen LogP contribution is -2.39. The lowest BCUT2D eigenvalue weighted by Gasteiger charge is -2.22. The zero-order chi connectivity index (χ0) is 11.4. The first-order chi connectivity index (χ1) is 7.04. The zero-order valence-corrected chi connectivity index (χ0v) is 9.40. The number of nitrogens with zero attached hydrogens (tertiary/aromatic N) is 1. The molecule has 0 aromatic rings. The Kier molecular flexibility index (Phi) is 4.27. The summed E-state index contributed by atoms with van der Waals surface area (Å²) in [6, 6.07) is -0.373. The van der Waals surface area contributed by atoms with Crippen molar-refractivity contribution in [3.05, 3.63) is 0 Å². The molecule has 1 N–H and O–H groups in total. The number of Topliss-reactive ketones (excluding diaryl/α,β-unsaturated/α-hetero) is 1. The highest BCUT2D eigenvalue weighted by Crippen LogP contribution is 2.22. The monoisotopic (exact) mass is 213 g/mol. The van der Waals surface area contributed by atoms with E-state index in [9.17, 15) is 9.59 Å². The van der Waals surface area contributed by atoms with E-state index in [0.29, 0.717) is 18.8 Å². The van der Waals surface area contributed by atoms with Crippen molar-refractivity contribution >= 4 is 11.8 Å². The number of rotatable bonds is 5. The summed E-state index contributed by atoms with van der Waals surface area (Å²) in [5, 5.41) is 8.99. The van der Waals surface area contributed by atoms with E-state index in [1.54, 1.807) is 6.92 Å². The van der Waals surface area contributed by atoms with E-state index in [1.807, 2.05) is 11.8 Å². The molecule has 0 spiro atoms. The number of likely N-dealkylation sites (tertiary alicyclic amines) is 1. The number of aliphatic carboxylic acids is 1. The van der Waals surface area contributed by atoms with Gasteiger partial charge in [-0.25, -0.2) is 0 Å². The van der Waals surface area contributed by atoms with Crippen LogP contribution in [-0.4, -0.2) is 40.9 Å². The fraction of sp³-hybridized carbons (Fsp3) is 0.818. The van der Waals surface area contributed by atoms with E-state index in [4.69, 9.17) is 5.11 Å². The normalized spacial score (nSPS) is 24.0. The molecule has 0 amide bonds. The molecule has 1 rings (SSSR count). The van der Waals surface area contributed by atoms with Gasteiger partial charge in [0.2, 0.25) is 0 Å². The Morgan fingerprint density at radius 3 is 2.67 bits per heavy atom. The van der Waals surface area contributed by atoms with Crippen LogP contribution in [0.25, 0.3) is 0 Å². The smallest absolute Gasteiger partial charge is 0.320 e. The van der Waals surface area contributed by atoms with Gasteiger partial charge in [-0.2, -0.15) is 0 Å². The molecule has 1 heterocycles. The summed E-state index contributed by atoms with van der Waals surface area (Å²) in [6.07, 6.45) is 2.16. The average molecular weight is 213 g/mol. The van der Waals surface area contributed by atoms with Crippen LogP contribution >= 0.6 is 0 Å². The van der Waals surface area contributed by atoms with Gasteiger partial charge in [0.25, 0.3) is 0 Å². The van der Waals surface area contributed by atoms with Crippen LogP contribution in [0.5, 0.6) is 0 Å². The van der Waals surface area contributed by atoms with Crippen molar-refractivity contribution in [2.75, 3.05) is 13.1 Å². The fourth-order valence-electron chi connectivity index (χ4n) is 2.31. The molecular weight excluding hydrogens is 194 g/mol. The molecule has 1 saturated heterocycles. The molecule has 4 heteroatoms. The lowest BCUT2D eigenvalue weighted by molar-refractivity contribution is -0.143. The number of carboxylic acid groups (broad SMARTS) is 1. The van der Waals surface area contributed by atoms with Crippen molar-refractivity contribution in [3.8, 4) is 0 Å². The molecule has 2 atom stereocenters. The Morgan fingerprint density at radius 2 is 2.20 bits per heavy atom. The first-order valence-electron chi connectivity index (χ1n) is 5.50. The van der Waals surface area contributed by atoms with Crippen molar-refractivity contribution in [1.29, 1.82) is 0 Å². The highest BCUT2D eigenvalue weighted by Gasteiger charge is 2.31. The Labute approximate surface area is 90.3 Å². The van der Waals surface area contributed by atoms with Gasteiger partial charge in [0.15, 0.2) is 0 Å². The minimum Gasteiger partial charge on any atom is -0.480 e. The van der Waals surface area contributed by atoms with E-state index in [-0.39, 0.29) is 11.8 Å². The third kappa shape index (κ3) is 3.30. The first kappa shape index (κ1) is 12.2. The van der Waals surface area contributed by atoms with Gasteiger partial charge < -0.3 is 9.90 Å². The largest absolute Gasteiger partial charge is 0.480 e. The third-order valence-electron chi connectivity index (χ3n) is 3.01. The van der Waals surface area contributed by atoms with Crippen LogP contribution in [0.2, 0.25) is 0 Å². The van der Waals surface area contributed by atoms with Crippen LogP contribution in [0.15, 0.2) is 0 Å². The lowest BCUT2D eigenvalue weighted by atomic mass is 10.0. The maximum Gasteiger partial charge on any atom is 0.320 e. The van der Waals surface area contributed by atoms with Crippen LogP contribution in [0.3, 0.4) is 0 Å². The van der Waals surface area contributed by atoms with E-state index in [1.165, 1.54) is 0 Å². The Bertz CT molecular complexity index is 252. The first-order valence-corrected chi connectivity index (χ1v) is 5.50.